The Morgan fingerprint density at radius 2 is 2.04 bits per heavy atom. The molecule has 0 radical (unpaired) electrons. The normalized spacial score (nSPS) is 14.7. The fraction of sp³-hybridized carbons (Fsp3) is 0.389. The van der Waals surface area contributed by atoms with Crippen LogP contribution < -0.4 is 10.2 Å². The van der Waals surface area contributed by atoms with Crippen LogP contribution in [0.3, 0.4) is 0 Å². The Balaban J connectivity index is 1.77. The van der Waals surface area contributed by atoms with Crippen molar-refractivity contribution in [3.63, 3.8) is 0 Å². The molecular weight excluding hydrogens is 366 g/mol. The molecular formula is C18H21N5O5. The van der Waals surface area contributed by atoms with Gasteiger partial charge in [0.25, 0.3) is 11.6 Å². The van der Waals surface area contributed by atoms with Crippen molar-refractivity contribution in [3.8, 4) is 0 Å². The van der Waals surface area contributed by atoms with Gasteiger partial charge in [-0.15, -0.1) is 0 Å². The molecule has 1 amide bonds. The number of nitrogens with one attached hydrogen (secondary N) is 1. The zero-order valence-electron chi connectivity index (χ0n) is 15.4. The number of rotatable bonds is 6. The number of piperidine rings is 1. The lowest BCUT2D eigenvalue weighted by atomic mass is 9.98. The summed E-state index contributed by atoms with van der Waals surface area (Å²) < 4.78 is 1.17. The maximum atomic E-state index is 12.4. The van der Waals surface area contributed by atoms with Gasteiger partial charge in [0.05, 0.1) is 4.92 Å². The first-order valence-electron chi connectivity index (χ1n) is 8.93. The van der Waals surface area contributed by atoms with Crippen LogP contribution in [0.15, 0.2) is 30.5 Å². The summed E-state index contributed by atoms with van der Waals surface area (Å²) in [4.78, 5) is 36.2. The number of hydrogen-bond acceptors (Lipinski definition) is 6. The second-order valence-corrected chi connectivity index (χ2v) is 6.88. The van der Waals surface area contributed by atoms with Crippen LogP contribution in [0.4, 0.5) is 17.2 Å². The van der Waals surface area contributed by atoms with Crippen LogP contribution in [0.25, 0.3) is 0 Å². The van der Waals surface area contributed by atoms with E-state index in [-0.39, 0.29) is 23.6 Å². The molecule has 1 saturated heterocycles. The van der Waals surface area contributed by atoms with Crippen LogP contribution in [-0.2, 0) is 11.3 Å². The Morgan fingerprint density at radius 3 is 2.68 bits per heavy atom. The van der Waals surface area contributed by atoms with E-state index in [9.17, 15) is 19.7 Å². The minimum absolute atomic E-state index is 0.112. The zero-order valence-corrected chi connectivity index (χ0v) is 15.4. The number of nitrogens with zero attached hydrogens (tertiary/aromatic N) is 4. The molecule has 1 fully saturated rings. The van der Waals surface area contributed by atoms with Crippen LogP contribution in [0.2, 0.25) is 0 Å². The van der Waals surface area contributed by atoms with Gasteiger partial charge in [-0.3, -0.25) is 24.4 Å². The van der Waals surface area contributed by atoms with Crippen molar-refractivity contribution in [2.24, 2.45) is 5.92 Å². The van der Waals surface area contributed by atoms with Crippen LogP contribution in [-0.4, -0.2) is 44.8 Å². The highest BCUT2D eigenvalue weighted by Crippen LogP contribution is 2.32. The van der Waals surface area contributed by atoms with E-state index in [0.29, 0.717) is 11.6 Å². The summed E-state index contributed by atoms with van der Waals surface area (Å²) in [5.74, 6) is -0.842. The van der Waals surface area contributed by atoms with E-state index in [1.165, 1.54) is 23.0 Å². The number of carbonyl (C=O) groups excluding carboxylic acids is 1. The fourth-order valence-electron chi connectivity index (χ4n) is 3.17. The molecule has 0 saturated carbocycles. The average Bonchev–Trinajstić information content (AvgIpc) is 3.07. The minimum atomic E-state index is -1.06. The number of aliphatic carboxylic acids is 1. The molecule has 2 heterocycles. The maximum Gasteiger partial charge on any atom is 0.325 e. The van der Waals surface area contributed by atoms with Gasteiger partial charge in [0.15, 0.2) is 5.82 Å². The van der Waals surface area contributed by atoms with E-state index in [2.05, 4.69) is 17.3 Å². The number of nitro groups is 1. The van der Waals surface area contributed by atoms with E-state index >= 15 is 0 Å². The summed E-state index contributed by atoms with van der Waals surface area (Å²) in [6.45, 7) is 3.32. The number of anilines is 2. The Labute approximate surface area is 160 Å². The molecule has 0 atom stereocenters. The van der Waals surface area contributed by atoms with Crippen molar-refractivity contribution in [3.05, 3.63) is 46.1 Å². The molecule has 1 aromatic carbocycles. The molecule has 0 aliphatic carbocycles. The van der Waals surface area contributed by atoms with E-state index in [0.717, 1.165) is 25.9 Å². The third-order valence-electron chi connectivity index (χ3n) is 4.74. The van der Waals surface area contributed by atoms with E-state index < -0.39 is 16.8 Å². The predicted molar refractivity (Wildman–Crippen MR) is 102 cm³/mol. The van der Waals surface area contributed by atoms with Crippen LogP contribution in [0, 0.1) is 16.0 Å². The first-order valence-corrected chi connectivity index (χ1v) is 8.93. The standard InChI is InChI=1S/C18H21N5O5/c1-12-4-7-21(8-5-12)14-3-2-13(10-15(14)23(27)28)18(26)19-16-6-9-22(20-16)11-17(24)25/h2-3,6,9-10,12H,4-5,7-8,11H2,1H3,(H,24,25)(H,19,20,26). The van der Waals surface area contributed by atoms with Crippen molar-refractivity contribution in [2.75, 3.05) is 23.3 Å². The number of hydrogen-bond donors (Lipinski definition) is 2. The summed E-state index contributed by atoms with van der Waals surface area (Å²) in [5, 5.41) is 26.8. The first kappa shape index (κ1) is 19.3. The molecule has 1 aromatic heterocycles. The molecule has 0 bridgehead atoms. The lowest BCUT2D eigenvalue weighted by molar-refractivity contribution is -0.384. The lowest BCUT2D eigenvalue weighted by Gasteiger charge is -2.31. The van der Waals surface area contributed by atoms with E-state index in [1.807, 2.05) is 4.90 Å². The first-order chi connectivity index (χ1) is 13.3. The summed E-state index contributed by atoms with van der Waals surface area (Å²) in [5.41, 5.74) is 0.534. The van der Waals surface area contributed by atoms with Gasteiger partial charge in [-0.05, 0) is 30.9 Å². The van der Waals surface area contributed by atoms with Crippen molar-refractivity contribution in [1.29, 1.82) is 0 Å². The summed E-state index contributed by atoms with van der Waals surface area (Å²) >= 11 is 0. The number of carbonyl (C=O) groups is 2. The average molecular weight is 387 g/mol. The number of aromatic nitrogens is 2. The lowest BCUT2D eigenvalue weighted by Crippen LogP contribution is -2.33. The third kappa shape index (κ3) is 4.45. The highest BCUT2D eigenvalue weighted by atomic mass is 16.6. The smallest absolute Gasteiger partial charge is 0.325 e. The number of benzene rings is 1. The van der Waals surface area contributed by atoms with Gasteiger partial charge in [0, 0.05) is 37.0 Å². The Hall–Kier alpha value is -3.43. The third-order valence-corrected chi connectivity index (χ3v) is 4.74. The summed E-state index contributed by atoms with van der Waals surface area (Å²) in [6, 6.07) is 5.87. The summed E-state index contributed by atoms with van der Waals surface area (Å²) in [6.07, 6.45) is 3.36. The van der Waals surface area contributed by atoms with Crippen molar-refractivity contribution in [2.45, 2.75) is 26.3 Å². The van der Waals surface area contributed by atoms with Crippen LogP contribution in [0.1, 0.15) is 30.1 Å². The molecule has 0 unspecified atom stereocenters. The number of carboxylic acids is 1. The van der Waals surface area contributed by atoms with Gasteiger partial charge in [-0.2, -0.15) is 5.10 Å². The quantitative estimate of drug-likeness (QED) is 0.574. The second kappa shape index (κ2) is 8.07. The maximum absolute atomic E-state index is 12.4. The zero-order chi connectivity index (χ0) is 20.3. The Kier molecular flexibility index (Phi) is 5.57. The molecule has 2 aromatic rings. The highest BCUT2D eigenvalue weighted by molar-refractivity contribution is 6.04. The second-order valence-electron chi connectivity index (χ2n) is 6.88. The monoisotopic (exact) mass is 387 g/mol. The largest absolute Gasteiger partial charge is 0.480 e. The molecule has 3 rings (SSSR count). The molecule has 1 aliphatic heterocycles. The van der Waals surface area contributed by atoms with Gasteiger partial charge in [-0.1, -0.05) is 6.92 Å². The Morgan fingerprint density at radius 1 is 1.32 bits per heavy atom. The van der Waals surface area contributed by atoms with Crippen molar-refractivity contribution in [1.82, 2.24) is 9.78 Å². The SMILES string of the molecule is CC1CCN(c2ccc(C(=O)Nc3ccn(CC(=O)O)n3)cc2[N+](=O)[O-])CC1. The van der Waals surface area contributed by atoms with Crippen molar-refractivity contribution >= 4 is 29.1 Å². The molecule has 10 nitrogen and oxygen atoms in total. The van der Waals surface area contributed by atoms with Crippen LogP contribution in [0.5, 0.6) is 0 Å². The molecule has 0 spiro atoms. The molecule has 28 heavy (non-hydrogen) atoms. The van der Waals surface area contributed by atoms with E-state index in [4.69, 9.17) is 5.11 Å². The van der Waals surface area contributed by atoms with Gasteiger partial charge in [0.2, 0.25) is 0 Å². The molecule has 10 heteroatoms. The van der Waals surface area contributed by atoms with Gasteiger partial charge >= 0.3 is 5.97 Å². The van der Waals surface area contributed by atoms with E-state index in [1.54, 1.807) is 12.1 Å². The number of nitro benzene ring substituents is 1. The molecule has 2 N–H and O–H groups in total. The van der Waals surface area contributed by atoms with Crippen LogP contribution >= 0.6 is 0 Å². The van der Waals surface area contributed by atoms with Gasteiger partial charge < -0.3 is 15.3 Å². The highest BCUT2D eigenvalue weighted by Gasteiger charge is 2.25. The number of carboxylic acid groups (broad SMARTS) is 1. The van der Waals surface area contributed by atoms with Gasteiger partial charge in [0.1, 0.15) is 12.2 Å². The number of amides is 1. The topological polar surface area (TPSA) is 131 Å². The summed E-state index contributed by atoms with van der Waals surface area (Å²) in [7, 11) is 0. The molecule has 1 aliphatic rings. The van der Waals surface area contributed by atoms with Gasteiger partial charge in [-0.25, -0.2) is 0 Å². The van der Waals surface area contributed by atoms with Crippen molar-refractivity contribution < 1.29 is 19.6 Å². The predicted octanol–water partition coefficient (Wildman–Crippen LogP) is 2.36. The fourth-order valence-corrected chi connectivity index (χ4v) is 3.17. The molecule has 148 valence electrons. The minimum Gasteiger partial charge on any atom is -0.480 e. The Bertz CT molecular complexity index is 902.